The van der Waals surface area contributed by atoms with Crippen molar-refractivity contribution in [2.45, 2.75) is 0 Å². The zero-order chi connectivity index (χ0) is 10.7. The van der Waals surface area contributed by atoms with E-state index in [1.165, 1.54) is 0 Å². The highest BCUT2D eigenvalue weighted by Crippen LogP contribution is 2.28. The monoisotopic (exact) mass is 223 g/mol. The summed E-state index contributed by atoms with van der Waals surface area (Å²) in [6.07, 6.45) is 0. The number of hydrogen-bond acceptors (Lipinski definition) is 4. The van der Waals surface area contributed by atoms with Gasteiger partial charge in [0.15, 0.2) is 0 Å². The normalized spacial score (nSPS) is 17.8. The SMILES string of the molecule is O=Nc1ccccc1N1CCN(P)CC1. The number of nitroso groups, excluding NO2 is 1. The summed E-state index contributed by atoms with van der Waals surface area (Å²) in [5.41, 5.74) is 1.49. The van der Waals surface area contributed by atoms with E-state index in [9.17, 15) is 4.91 Å². The van der Waals surface area contributed by atoms with Crippen LogP contribution in [0.5, 0.6) is 0 Å². The molecule has 1 unspecified atom stereocenters. The van der Waals surface area contributed by atoms with E-state index in [0.29, 0.717) is 5.69 Å². The Kier molecular flexibility index (Phi) is 3.29. The van der Waals surface area contributed by atoms with Gasteiger partial charge in [0.05, 0.1) is 5.69 Å². The summed E-state index contributed by atoms with van der Waals surface area (Å²) in [6, 6.07) is 7.49. The third kappa shape index (κ3) is 2.33. The molecule has 1 aliphatic heterocycles. The Balaban J connectivity index is 2.18. The molecule has 0 N–H and O–H groups in total. The zero-order valence-corrected chi connectivity index (χ0v) is 9.62. The van der Waals surface area contributed by atoms with Gasteiger partial charge in [0, 0.05) is 26.2 Å². The number of para-hydroxylation sites is 1. The average Bonchev–Trinajstić information content (AvgIpc) is 2.30. The third-order valence-corrected chi connectivity index (χ3v) is 3.15. The van der Waals surface area contributed by atoms with Gasteiger partial charge in [-0.25, -0.2) is 0 Å². The van der Waals surface area contributed by atoms with Crippen molar-refractivity contribution in [2.24, 2.45) is 5.18 Å². The lowest BCUT2D eigenvalue weighted by atomic mass is 10.2. The maximum absolute atomic E-state index is 10.6. The van der Waals surface area contributed by atoms with E-state index in [4.69, 9.17) is 0 Å². The summed E-state index contributed by atoms with van der Waals surface area (Å²) in [5, 5.41) is 3.05. The number of hydrogen-bond donors (Lipinski definition) is 0. The second-order valence-corrected chi connectivity index (χ2v) is 4.33. The molecule has 4 nitrogen and oxygen atoms in total. The fourth-order valence-corrected chi connectivity index (χ4v) is 2.00. The molecule has 0 aromatic heterocycles. The van der Waals surface area contributed by atoms with Crippen LogP contribution >= 0.6 is 9.39 Å². The number of benzene rings is 1. The topological polar surface area (TPSA) is 35.9 Å². The second kappa shape index (κ2) is 4.69. The maximum atomic E-state index is 10.6. The van der Waals surface area contributed by atoms with E-state index in [0.717, 1.165) is 31.9 Å². The van der Waals surface area contributed by atoms with Crippen molar-refractivity contribution >= 4 is 20.8 Å². The Labute approximate surface area is 91.5 Å². The largest absolute Gasteiger partial charge is 0.367 e. The van der Waals surface area contributed by atoms with Crippen LogP contribution < -0.4 is 4.90 Å². The molecular formula is C10H14N3OP. The molecule has 0 spiro atoms. The van der Waals surface area contributed by atoms with E-state index < -0.39 is 0 Å². The van der Waals surface area contributed by atoms with Gasteiger partial charge in [-0.3, -0.25) is 4.67 Å². The molecule has 1 aromatic carbocycles. The molecule has 5 heteroatoms. The number of nitrogens with zero attached hydrogens (tertiary/aromatic N) is 3. The Hall–Kier alpha value is -0.990. The summed E-state index contributed by atoms with van der Waals surface area (Å²) in [4.78, 5) is 12.8. The van der Waals surface area contributed by atoms with Gasteiger partial charge in [-0.2, -0.15) is 0 Å². The first-order valence-electron chi connectivity index (χ1n) is 4.98. The quantitative estimate of drug-likeness (QED) is 0.568. The summed E-state index contributed by atoms with van der Waals surface area (Å²) in [7, 11) is 2.70. The predicted molar refractivity (Wildman–Crippen MR) is 65.4 cm³/mol. The molecule has 1 aromatic rings. The van der Waals surface area contributed by atoms with Gasteiger partial charge in [-0.05, 0) is 17.3 Å². The smallest absolute Gasteiger partial charge is 0.131 e. The van der Waals surface area contributed by atoms with Gasteiger partial charge in [0.2, 0.25) is 0 Å². The first-order valence-corrected chi connectivity index (χ1v) is 5.50. The first-order chi connectivity index (χ1) is 7.31. The lowest BCUT2D eigenvalue weighted by Gasteiger charge is -2.34. The maximum Gasteiger partial charge on any atom is 0.131 e. The van der Waals surface area contributed by atoms with Crippen molar-refractivity contribution in [1.82, 2.24) is 4.67 Å². The van der Waals surface area contributed by atoms with Crippen LogP contribution in [0.1, 0.15) is 0 Å². The first kappa shape index (κ1) is 10.5. The van der Waals surface area contributed by atoms with Gasteiger partial charge in [0.25, 0.3) is 0 Å². The molecule has 1 heterocycles. The molecule has 0 amide bonds. The van der Waals surface area contributed by atoms with Crippen molar-refractivity contribution in [3.05, 3.63) is 29.2 Å². The Morgan fingerprint density at radius 2 is 1.80 bits per heavy atom. The van der Waals surface area contributed by atoms with E-state index in [1.807, 2.05) is 18.2 Å². The van der Waals surface area contributed by atoms with Gasteiger partial charge in [0.1, 0.15) is 5.69 Å². The van der Waals surface area contributed by atoms with Crippen molar-refractivity contribution < 1.29 is 0 Å². The third-order valence-electron chi connectivity index (χ3n) is 2.64. The number of rotatable bonds is 2. The molecule has 80 valence electrons. The van der Waals surface area contributed by atoms with Crippen LogP contribution in [-0.2, 0) is 0 Å². The minimum Gasteiger partial charge on any atom is -0.367 e. The molecule has 2 rings (SSSR count). The summed E-state index contributed by atoms with van der Waals surface area (Å²) in [6.45, 7) is 3.88. The molecule has 1 fully saturated rings. The second-order valence-electron chi connectivity index (χ2n) is 3.60. The van der Waals surface area contributed by atoms with Crippen LogP contribution in [0.25, 0.3) is 0 Å². The zero-order valence-electron chi connectivity index (χ0n) is 8.47. The summed E-state index contributed by atoms with van der Waals surface area (Å²) in [5.74, 6) is 0. The van der Waals surface area contributed by atoms with Crippen LogP contribution in [0.4, 0.5) is 11.4 Å². The van der Waals surface area contributed by atoms with Crippen molar-refractivity contribution in [2.75, 3.05) is 31.1 Å². The molecule has 1 aliphatic rings. The van der Waals surface area contributed by atoms with E-state index in [-0.39, 0.29) is 0 Å². The van der Waals surface area contributed by atoms with E-state index >= 15 is 0 Å². The van der Waals surface area contributed by atoms with Crippen LogP contribution in [0, 0.1) is 4.91 Å². The van der Waals surface area contributed by atoms with Crippen LogP contribution in [0.3, 0.4) is 0 Å². The summed E-state index contributed by atoms with van der Waals surface area (Å²) < 4.78 is 2.20. The van der Waals surface area contributed by atoms with Crippen LogP contribution in [0.15, 0.2) is 29.4 Å². The lowest BCUT2D eigenvalue weighted by molar-refractivity contribution is 0.429. The van der Waals surface area contributed by atoms with Crippen LogP contribution in [0.2, 0.25) is 0 Å². The van der Waals surface area contributed by atoms with Crippen molar-refractivity contribution in [3.63, 3.8) is 0 Å². The molecule has 1 saturated heterocycles. The molecule has 15 heavy (non-hydrogen) atoms. The summed E-state index contributed by atoms with van der Waals surface area (Å²) >= 11 is 0. The molecular weight excluding hydrogens is 209 g/mol. The Morgan fingerprint density at radius 3 is 2.47 bits per heavy atom. The average molecular weight is 223 g/mol. The molecule has 0 aliphatic carbocycles. The Bertz CT molecular complexity index is 350. The minimum atomic E-state index is 0.537. The van der Waals surface area contributed by atoms with Gasteiger partial charge >= 0.3 is 0 Å². The molecule has 0 bridgehead atoms. The lowest BCUT2D eigenvalue weighted by Crippen LogP contribution is -2.42. The fourth-order valence-electron chi connectivity index (χ4n) is 1.77. The fraction of sp³-hybridized carbons (Fsp3) is 0.400. The standard InChI is InChI=1S/C10H14N3OP/c14-11-9-3-1-2-4-10(9)12-5-7-13(15)8-6-12/h1-4H,5-8,15H2. The van der Waals surface area contributed by atoms with Gasteiger partial charge < -0.3 is 4.90 Å². The van der Waals surface area contributed by atoms with Gasteiger partial charge in [-0.15, -0.1) is 4.91 Å². The van der Waals surface area contributed by atoms with E-state index in [1.54, 1.807) is 6.07 Å². The van der Waals surface area contributed by atoms with Crippen molar-refractivity contribution in [1.29, 1.82) is 0 Å². The number of piperazine rings is 1. The minimum absolute atomic E-state index is 0.537. The highest BCUT2D eigenvalue weighted by atomic mass is 31.0. The number of anilines is 1. The molecule has 1 atom stereocenters. The van der Waals surface area contributed by atoms with Gasteiger partial charge in [-0.1, -0.05) is 21.5 Å². The van der Waals surface area contributed by atoms with E-state index in [2.05, 4.69) is 24.1 Å². The van der Waals surface area contributed by atoms with Crippen molar-refractivity contribution in [3.8, 4) is 0 Å². The highest BCUT2D eigenvalue weighted by molar-refractivity contribution is 7.13. The molecule has 0 saturated carbocycles. The highest BCUT2D eigenvalue weighted by Gasteiger charge is 2.16. The molecule has 0 radical (unpaired) electrons. The van der Waals surface area contributed by atoms with Crippen LogP contribution in [-0.4, -0.2) is 30.8 Å². The predicted octanol–water partition coefficient (Wildman–Crippen LogP) is 2.00. The Morgan fingerprint density at radius 1 is 1.13 bits per heavy atom.